The van der Waals surface area contributed by atoms with E-state index in [0.29, 0.717) is 17.8 Å². The van der Waals surface area contributed by atoms with Gasteiger partial charge < -0.3 is 10.2 Å². The van der Waals surface area contributed by atoms with Gasteiger partial charge in [0.05, 0.1) is 0 Å². The van der Waals surface area contributed by atoms with E-state index in [0.717, 1.165) is 43.6 Å². The topological polar surface area (TPSA) is 21.8 Å². The van der Waals surface area contributed by atoms with Crippen LogP contribution >= 0.6 is 0 Å². The molecule has 4 fully saturated rings. The molecule has 1 aliphatic carbocycles. The maximum Gasteiger partial charge on any atom is 0.0236 e. The van der Waals surface area contributed by atoms with Crippen LogP contribution in [0.3, 0.4) is 0 Å². The Morgan fingerprint density at radius 3 is 1.49 bits per heavy atom. The second-order valence-electron chi connectivity index (χ2n) is 17.3. The normalized spacial score (nSPS) is 22.5. The maximum atomic E-state index is 3.58. The van der Waals surface area contributed by atoms with E-state index in [4.69, 9.17) is 0 Å². The summed E-state index contributed by atoms with van der Waals surface area (Å²) in [6.07, 6.45) is 8.20. The minimum Gasteiger partial charge on any atom is -0.310 e. The molecule has 3 unspecified atom stereocenters. The predicted molar refractivity (Wildman–Crippen MR) is 220 cm³/mol. The fraction of sp³-hybridized carbons (Fsp3) is 0.617. The highest BCUT2D eigenvalue weighted by Crippen LogP contribution is 2.31. The van der Waals surface area contributed by atoms with Crippen LogP contribution in [0.5, 0.6) is 0 Å². The van der Waals surface area contributed by atoms with Crippen molar-refractivity contribution in [1.82, 2.24) is 20.0 Å². The summed E-state index contributed by atoms with van der Waals surface area (Å²) in [6, 6.07) is 29.0. The standard InChI is InChI=1S/C17H26N2.C16H25N.C14H21N/c1-13(2)15-6-4-14(5-7-15)8-19-11-16-9-18(3)10-17(16)12-19;1-4-16-6-5-11-17(16)12-14-7-9-15(10-8-14)13(2)3;1-11(2)13-8-6-12(7-9-13)10-15-14-4-3-5-14/h4-7,13,16-17H,8-12H2,1-3H3;7-10,13,16H,4-6,11-12H2,1-3H3;6-9,11,14-15H,3-5,10H2,1-2H3. The van der Waals surface area contributed by atoms with E-state index in [1.807, 2.05) is 0 Å². The van der Waals surface area contributed by atoms with Gasteiger partial charge in [-0.3, -0.25) is 9.80 Å². The lowest BCUT2D eigenvalue weighted by Crippen LogP contribution is -2.34. The van der Waals surface area contributed by atoms with Gasteiger partial charge in [-0.1, -0.05) is 128 Å². The van der Waals surface area contributed by atoms with Crippen molar-refractivity contribution in [3.8, 4) is 0 Å². The molecular formula is C47H72N4. The fourth-order valence-electron chi connectivity index (χ4n) is 8.42. The number of nitrogens with zero attached hydrogens (tertiary/aromatic N) is 3. The maximum absolute atomic E-state index is 3.58. The van der Waals surface area contributed by atoms with Crippen LogP contribution in [0.1, 0.15) is 138 Å². The van der Waals surface area contributed by atoms with Gasteiger partial charge in [0.25, 0.3) is 0 Å². The molecule has 3 aromatic carbocycles. The van der Waals surface area contributed by atoms with Crippen LogP contribution < -0.4 is 5.32 Å². The Morgan fingerprint density at radius 2 is 1.06 bits per heavy atom. The average Bonchev–Trinajstić information content (AvgIpc) is 3.80. The molecule has 4 aliphatic rings. The minimum absolute atomic E-state index is 0.635. The van der Waals surface area contributed by atoms with E-state index >= 15 is 0 Å². The number of hydrogen-bond donors (Lipinski definition) is 1. The quantitative estimate of drug-likeness (QED) is 0.216. The Bertz CT molecular complexity index is 1390. The van der Waals surface area contributed by atoms with E-state index in [9.17, 15) is 0 Å². The molecule has 3 aliphatic heterocycles. The Balaban J connectivity index is 0.000000149. The van der Waals surface area contributed by atoms with E-state index in [-0.39, 0.29) is 0 Å². The SMILES string of the molecule is CC(C)c1ccc(CN2CC3CN(C)CC3C2)cc1.CC(C)c1ccc(CNC2CCC2)cc1.CCC1CCCN1Cc1ccc(C(C)C)cc1. The highest BCUT2D eigenvalue weighted by molar-refractivity contribution is 5.26. The third-order valence-electron chi connectivity index (χ3n) is 12.1. The summed E-state index contributed by atoms with van der Waals surface area (Å²) in [4.78, 5) is 7.78. The van der Waals surface area contributed by atoms with Crippen LogP contribution in [0.4, 0.5) is 0 Å². The second-order valence-corrected chi connectivity index (χ2v) is 17.3. The van der Waals surface area contributed by atoms with Crippen LogP contribution in [0, 0.1) is 11.8 Å². The molecule has 3 aromatic rings. The Kier molecular flexibility index (Phi) is 15.2. The smallest absolute Gasteiger partial charge is 0.0236 e. The van der Waals surface area contributed by atoms with Crippen LogP contribution in [0.2, 0.25) is 0 Å². The summed E-state index contributed by atoms with van der Waals surface area (Å²) in [7, 11) is 2.26. The molecule has 280 valence electrons. The van der Waals surface area contributed by atoms with Crippen molar-refractivity contribution in [2.24, 2.45) is 11.8 Å². The number of likely N-dealkylation sites (tertiary alicyclic amines) is 3. The van der Waals surface area contributed by atoms with Gasteiger partial charge in [0.1, 0.15) is 0 Å². The van der Waals surface area contributed by atoms with Crippen molar-refractivity contribution in [3.63, 3.8) is 0 Å². The van der Waals surface area contributed by atoms with Crippen molar-refractivity contribution >= 4 is 0 Å². The zero-order valence-corrected chi connectivity index (χ0v) is 33.7. The third kappa shape index (κ3) is 12.0. The third-order valence-corrected chi connectivity index (χ3v) is 12.1. The molecule has 3 atom stereocenters. The molecule has 4 heteroatoms. The summed E-state index contributed by atoms with van der Waals surface area (Å²) in [5.41, 5.74) is 8.67. The molecule has 0 radical (unpaired) electrons. The Labute approximate surface area is 313 Å². The van der Waals surface area contributed by atoms with Gasteiger partial charge in [-0.15, -0.1) is 0 Å². The van der Waals surface area contributed by atoms with Crippen molar-refractivity contribution < 1.29 is 0 Å². The largest absolute Gasteiger partial charge is 0.310 e. The first-order valence-corrected chi connectivity index (χ1v) is 20.7. The lowest BCUT2D eigenvalue weighted by Gasteiger charge is -2.26. The summed E-state index contributed by atoms with van der Waals surface area (Å²) >= 11 is 0. The van der Waals surface area contributed by atoms with E-state index in [2.05, 4.69) is 148 Å². The monoisotopic (exact) mass is 693 g/mol. The van der Waals surface area contributed by atoms with Gasteiger partial charge >= 0.3 is 0 Å². The first-order valence-electron chi connectivity index (χ1n) is 20.7. The molecule has 1 N–H and O–H groups in total. The molecule has 0 bridgehead atoms. The number of hydrogen-bond acceptors (Lipinski definition) is 4. The van der Waals surface area contributed by atoms with E-state index in [1.165, 1.54) is 105 Å². The van der Waals surface area contributed by atoms with Gasteiger partial charge in [-0.05, 0) is 109 Å². The first-order chi connectivity index (χ1) is 24.6. The lowest BCUT2D eigenvalue weighted by atomic mass is 9.93. The van der Waals surface area contributed by atoms with Crippen molar-refractivity contribution in [3.05, 3.63) is 106 Å². The summed E-state index contributed by atoms with van der Waals surface area (Å²) < 4.78 is 0. The fourth-order valence-corrected chi connectivity index (χ4v) is 8.42. The number of benzene rings is 3. The van der Waals surface area contributed by atoms with Crippen LogP contribution in [-0.4, -0.2) is 66.6 Å². The molecule has 4 nitrogen and oxygen atoms in total. The van der Waals surface area contributed by atoms with Crippen LogP contribution in [-0.2, 0) is 19.6 Å². The zero-order valence-electron chi connectivity index (χ0n) is 33.7. The summed E-state index contributed by atoms with van der Waals surface area (Å²) in [5, 5.41) is 3.58. The Morgan fingerprint density at radius 1 is 0.588 bits per heavy atom. The van der Waals surface area contributed by atoms with Gasteiger partial charge in [-0.2, -0.15) is 0 Å². The molecule has 1 saturated carbocycles. The van der Waals surface area contributed by atoms with Crippen LogP contribution in [0.25, 0.3) is 0 Å². The first kappa shape index (κ1) is 39.7. The summed E-state index contributed by atoms with van der Waals surface area (Å²) in [5.74, 6) is 3.74. The molecule has 0 amide bonds. The number of rotatable bonds is 11. The van der Waals surface area contributed by atoms with E-state index < -0.39 is 0 Å². The van der Waals surface area contributed by atoms with Crippen LogP contribution in [0.15, 0.2) is 72.8 Å². The van der Waals surface area contributed by atoms with Gasteiger partial charge in [-0.25, -0.2) is 0 Å². The molecule has 3 heterocycles. The highest BCUT2D eigenvalue weighted by Gasteiger charge is 2.38. The van der Waals surface area contributed by atoms with Gasteiger partial charge in [0.2, 0.25) is 0 Å². The van der Waals surface area contributed by atoms with Crippen molar-refractivity contribution in [2.45, 2.75) is 136 Å². The zero-order chi connectivity index (χ0) is 36.3. The van der Waals surface area contributed by atoms with Gasteiger partial charge in [0.15, 0.2) is 0 Å². The Hall–Kier alpha value is -2.50. The molecule has 51 heavy (non-hydrogen) atoms. The number of fused-ring (bicyclic) bond motifs is 1. The minimum atomic E-state index is 0.635. The summed E-state index contributed by atoms with van der Waals surface area (Å²) in [6.45, 7) is 25.6. The molecule has 0 aromatic heterocycles. The lowest BCUT2D eigenvalue weighted by molar-refractivity contribution is 0.240. The van der Waals surface area contributed by atoms with E-state index in [1.54, 1.807) is 0 Å². The molecule has 7 rings (SSSR count). The number of nitrogens with one attached hydrogen (secondary N) is 1. The van der Waals surface area contributed by atoms with Gasteiger partial charge in [0, 0.05) is 57.9 Å². The molecule has 0 spiro atoms. The molecular weight excluding hydrogens is 621 g/mol. The van der Waals surface area contributed by atoms with Crippen molar-refractivity contribution in [1.29, 1.82) is 0 Å². The highest BCUT2D eigenvalue weighted by atomic mass is 15.2. The predicted octanol–water partition coefficient (Wildman–Crippen LogP) is 10.4. The second kappa shape index (κ2) is 19.5. The van der Waals surface area contributed by atoms with Crippen molar-refractivity contribution in [2.75, 3.05) is 39.8 Å². The average molecular weight is 693 g/mol. The molecule has 3 saturated heterocycles.